The molecule has 1 aromatic rings. The Hall–Kier alpha value is -1.06. The summed E-state index contributed by atoms with van der Waals surface area (Å²) >= 11 is 0. The van der Waals surface area contributed by atoms with Crippen LogP contribution in [0.5, 0.6) is 0 Å². The maximum atomic E-state index is 5.34. The van der Waals surface area contributed by atoms with Crippen LogP contribution in [0.25, 0.3) is 0 Å². The van der Waals surface area contributed by atoms with E-state index < -0.39 is 0 Å². The van der Waals surface area contributed by atoms with Crippen molar-refractivity contribution in [1.29, 1.82) is 0 Å². The van der Waals surface area contributed by atoms with E-state index in [0.29, 0.717) is 18.6 Å². The van der Waals surface area contributed by atoms with Gasteiger partial charge in [0.2, 0.25) is 0 Å². The molecule has 0 amide bonds. The molecule has 1 N–H and O–H groups in total. The number of rotatable bonds is 5. The molecule has 1 aliphatic rings. The summed E-state index contributed by atoms with van der Waals surface area (Å²) in [6.07, 6.45) is 2.43. The van der Waals surface area contributed by atoms with Gasteiger partial charge in [0, 0.05) is 37.5 Å². The molecule has 1 saturated heterocycles. The summed E-state index contributed by atoms with van der Waals surface area (Å²) in [4.78, 5) is 2.53. The van der Waals surface area contributed by atoms with Crippen LogP contribution in [-0.4, -0.2) is 32.8 Å². The van der Waals surface area contributed by atoms with Gasteiger partial charge in [-0.1, -0.05) is 38.5 Å². The molecule has 1 fully saturated rings. The van der Waals surface area contributed by atoms with Crippen LogP contribution in [0, 0.1) is 5.92 Å². The van der Waals surface area contributed by atoms with Gasteiger partial charge >= 0.3 is 0 Å². The van der Waals surface area contributed by atoms with Crippen LogP contribution in [0.15, 0.2) is 24.3 Å². The molecular weight excluding hydrogens is 248 g/mol. The lowest BCUT2D eigenvalue weighted by atomic mass is 9.98. The Bertz CT molecular complexity index is 408. The van der Waals surface area contributed by atoms with E-state index in [1.807, 2.05) is 0 Å². The highest BCUT2D eigenvalue weighted by atomic mass is 16.5. The molecular formula is C17H28N2O. The van der Waals surface area contributed by atoms with Gasteiger partial charge in [-0.15, -0.1) is 0 Å². The van der Waals surface area contributed by atoms with Crippen LogP contribution in [0.4, 0.5) is 5.69 Å². The Morgan fingerprint density at radius 1 is 1.40 bits per heavy atom. The molecule has 20 heavy (non-hydrogen) atoms. The summed E-state index contributed by atoms with van der Waals surface area (Å²) in [6.45, 7) is 8.66. The number of ether oxygens (including phenoxy) is 1. The monoisotopic (exact) mass is 276 g/mol. The second kappa shape index (κ2) is 7.65. The zero-order chi connectivity index (χ0) is 14.4. The van der Waals surface area contributed by atoms with E-state index >= 15 is 0 Å². The van der Waals surface area contributed by atoms with Crippen LogP contribution in [0.3, 0.4) is 0 Å². The molecule has 0 saturated carbocycles. The number of benzene rings is 1. The van der Waals surface area contributed by atoms with Crippen molar-refractivity contribution in [1.82, 2.24) is 5.32 Å². The first-order valence-corrected chi connectivity index (χ1v) is 7.81. The summed E-state index contributed by atoms with van der Waals surface area (Å²) in [5, 5.41) is 3.71. The van der Waals surface area contributed by atoms with E-state index in [4.69, 9.17) is 4.74 Å². The van der Waals surface area contributed by atoms with Gasteiger partial charge in [-0.25, -0.2) is 0 Å². The third-order valence-corrected chi connectivity index (χ3v) is 4.39. The Morgan fingerprint density at radius 2 is 2.20 bits per heavy atom. The zero-order valence-electron chi connectivity index (χ0n) is 13.1. The number of hydrogen-bond acceptors (Lipinski definition) is 3. The molecule has 2 atom stereocenters. The molecule has 0 aliphatic carbocycles. The van der Waals surface area contributed by atoms with Gasteiger partial charge < -0.3 is 15.0 Å². The van der Waals surface area contributed by atoms with Crippen LogP contribution in [-0.2, 0) is 11.3 Å². The minimum absolute atomic E-state index is 0.582. The molecule has 0 bridgehead atoms. The summed E-state index contributed by atoms with van der Waals surface area (Å²) in [5.41, 5.74) is 2.63. The normalized spacial score (nSPS) is 21.6. The SMILES string of the molecule is CCC(C)C1CN(c2ccccc2COC)CCCN1. The highest BCUT2D eigenvalue weighted by molar-refractivity contribution is 5.53. The molecule has 0 spiro atoms. The minimum Gasteiger partial charge on any atom is -0.380 e. The first kappa shape index (κ1) is 15.3. The summed E-state index contributed by atoms with van der Waals surface area (Å²) < 4.78 is 5.34. The maximum absolute atomic E-state index is 5.34. The first-order chi connectivity index (χ1) is 9.76. The average Bonchev–Trinajstić information content (AvgIpc) is 2.73. The van der Waals surface area contributed by atoms with Gasteiger partial charge in [0.05, 0.1) is 6.61 Å². The lowest BCUT2D eigenvalue weighted by Gasteiger charge is -2.31. The van der Waals surface area contributed by atoms with Gasteiger partial charge in [-0.2, -0.15) is 0 Å². The molecule has 2 rings (SSSR count). The van der Waals surface area contributed by atoms with Crippen LogP contribution < -0.4 is 10.2 Å². The predicted molar refractivity (Wildman–Crippen MR) is 85.2 cm³/mol. The number of hydrogen-bond donors (Lipinski definition) is 1. The van der Waals surface area contributed by atoms with Crippen LogP contribution in [0.1, 0.15) is 32.3 Å². The molecule has 112 valence electrons. The van der Waals surface area contributed by atoms with E-state index in [1.165, 1.54) is 24.1 Å². The van der Waals surface area contributed by atoms with Crippen molar-refractivity contribution < 1.29 is 4.74 Å². The van der Waals surface area contributed by atoms with Crippen LogP contribution in [0.2, 0.25) is 0 Å². The van der Waals surface area contributed by atoms with Crippen molar-refractivity contribution in [2.75, 3.05) is 31.6 Å². The van der Waals surface area contributed by atoms with E-state index in [9.17, 15) is 0 Å². The lowest BCUT2D eigenvalue weighted by Crippen LogP contribution is -2.42. The summed E-state index contributed by atoms with van der Waals surface area (Å²) in [6, 6.07) is 9.21. The van der Waals surface area contributed by atoms with E-state index in [1.54, 1.807) is 7.11 Å². The molecule has 0 radical (unpaired) electrons. The molecule has 1 aliphatic heterocycles. The largest absolute Gasteiger partial charge is 0.380 e. The summed E-state index contributed by atoms with van der Waals surface area (Å²) in [7, 11) is 1.77. The third-order valence-electron chi connectivity index (χ3n) is 4.39. The van der Waals surface area contributed by atoms with Gasteiger partial charge in [-0.3, -0.25) is 0 Å². The van der Waals surface area contributed by atoms with Crippen molar-refractivity contribution in [3.05, 3.63) is 29.8 Å². The van der Waals surface area contributed by atoms with Gasteiger partial charge in [-0.05, 0) is 24.9 Å². The quantitative estimate of drug-likeness (QED) is 0.894. The van der Waals surface area contributed by atoms with Crippen molar-refractivity contribution in [2.24, 2.45) is 5.92 Å². The molecule has 1 aromatic carbocycles. The Kier molecular flexibility index (Phi) is 5.86. The Labute approximate surface area is 123 Å². The number of para-hydroxylation sites is 1. The fourth-order valence-electron chi connectivity index (χ4n) is 2.93. The van der Waals surface area contributed by atoms with Crippen molar-refractivity contribution in [3.8, 4) is 0 Å². The summed E-state index contributed by atoms with van der Waals surface area (Å²) in [5.74, 6) is 0.713. The van der Waals surface area contributed by atoms with Crippen molar-refractivity contribution in [2.45, 2.75) is 39.3 Å². The number of methoxy groups -OCH3 is 1. The first-order valence-electron chi connectivity index (χ1n) is 7.81. The van der Waals surface area contributed by atoms with Crippen LogP contribution >= 0.6 is 0 Å². The van der Waals surface area contributed by atoms with E-state index in [0.717, 1.165) is 19.6 Å². The topological polar surface area (TPSA) is 24.5 Å². The van der Waals surface area contributed by atoms with Gasteiger partial charge in [0.1, 0.15) is 0 Å². The lowest BCUT2D eigenvalue weighted by molar-refractivity contribution is 0.185. The second-order valence-corrected chi connectivity index (χ2v) is 5.81. The standard InChI is InChI=1S/C17H28N2O/c1-4-14(2)16-12-19(11-7-10-18-16)17-9-6-5-8-15(17)13-20-3/h5-6,8-9,14,16,18H,4,7,10-13H2,1-3H3. The smallest absolute Gasteiger partial charge is 0.0733 e. The highest BCUT2D eigenvalue weighted by Crippen LogP contribution is 2.24. The van der Waals surface area contributed by atoms with Gasteiger partial charge in [0.15, 0.2) is 0 Å². The van der Waals surface area contributed by atoms with Gasteiger partial charge in [0.25, 0.3) is 0 Å². The fourth-order valence-corrected chi connectivity index (χ4v) is 2.93. The van der Waals surface area contributed by atoms with Crippen molar-refractivity contribution >= 4 is 5.69 Å². The molecule has 2 unspecified atom stereocenters. The predicted octanol–water partition coefficient (Wildman–Crippen LogP) is 3.05. The zero-order valence-corrected chi connectivity index (χ0v) is 13.1. The average molecular weight is 276 g/mol. The number of anilines is 1. The second-order valence-electron chi connectivity index (χ2n) is 5.81. The molecule has 0 aromatic heterocycles. The number of nitrogens with zero attached hydrogens (tertiary/aromatic N) is 1. The molecule has 3 nitrogen and oxygen atoms in total. The molecule has 3 heteroatoms. The maximum Gasteiger partial charge on any atom is 0.0733 e. The third kappa shape index (κ3) is 3.74. The van der Waals surface area contributed by atoms with E-state index in [-0.39, 0.29) is 0 Å². The fraction of sp³-hybridized carbons (Fsp3) is 0.647. The highest BCUT2D eigenvalue weighted by Gasteiger charge is 2.22. The number of nitrogens with one attached hydrogen (secondary N) is 1. The Balaban J connectivity index is 2.17. The molecule has 1 heterocycles. The van der Waals surface area contributed by atoms with Crippen molar-refractivity contribution in [3.63, 3.8) is 0 Å². The minimum atomic E-state index is 0.582. The Morgan fingerprint density at radius 3 is 2.95 bits per heavy atom. The van der Waals surface area contributed by atoms with E-state index in [2.05, 4.69) is 48.3 Å².